The molecule has 0 saturated carbocycles. The van der Waals surface area contributed by atoms with Gasteiger partial charge in [-0.3, -0.25) is 0 Å². The van der Waals surface area contributed by atoms with Gasteiger partial charge in [0.2, 0.25) is 0 Å². The molecule has 0 aliphatic rings. The van der Waals surface area contributed by atoms with Crippen molar-refractivity contribution >= 4 is 0 Å². The van der Waals surface area contributed by atoms with Crippen molar-refractivity contribution in [3.8, 4) is 0 Å². The van der Waals surface area contributed by atoms with Crippen LogP contribution in [0.5, 0.6) is 0 Å². The topological polar surface area (TPSA) is 124 Å². The molecule has 10 heavy (non-hydrogen) atoms. The van der Waals surface area contributed by atoms with Crippen molar-refractivity contribution in [3.05, 3.63) is 6.92 Å². The summed E-state index contributed by atoms with van der Waals surface area (Å²) in [6, 6.07) is 0. The van der Waals surface area contributed by atoms with Gasteiger partial charge in [0.1, 0.15) is 0 Å². The predicted octanol–water partition coefficient (Wildman–Crippen LogP) is -2.19. The first kappa shape index (κ1) is 30.8. The van der Waals surface area contributed by atoms with Crippen LogP contribution >= 0.6 is 0 Å². The van der Waals surface area contributed by atoms with Crippen LogP contribution in [0.3, 0.4) is 0 Å². The smallest absolute Gasteiger partial charge is 0.0906 e. The quantitative estimate of drug-likeness (QED) is 0.282. The summed E-state index contributed by atoms with van der Waals surface area (Å²) in [5, 5.41) is 14.7. The van der Waals surface area contributed by atoms with Crippen LogP contribution in [-0.4, -0.2) is 29.2 Å². The molecule has 0 unspecified atom stereocenters. The van der Waals surface area contributed by atoms with E-state index in [1.165, 1.54) is 0 Å². The molecule has 8 N–H and O–H groups in total. The van der Waals surface area contributed by atoms with Crippen LogP contribution in [-0.2, 0) is 0 Å². The number of hydrogen-bond acceptors (Lipinski definition) is 4. The largest absolute Gasteiger partial charge is 0.412 e. The van der Waals surface area contributed by atoms with Crippen molar-refractivity contribution in [2.24, 2.45) is 11.5 Å². The molecular weight excluding hydrogens is 362 g/mol. The Hall–Kier alpha value is 0.852. The molecule has 0 fully saturated rings. The Morgan fingerprint density at radius 1 is 1.10 bits per heavy atom. The summed E-state index contributed by atoms with van der Waals surface area (Å²) in [6.07, 6.45) is 0. The zero-order chi connectivity index (χ0) is 7.41. The molecule has 66 valence electrons. The molecule has 0 saturated heterocycles. The minimum absolute atomic E-state index is 0. The first-order chi connectivity index (χ1) is 3.83. The Balaban J connectivity index is -0.0000000116. The van der Waals surface area contributed by atoms with Crippen LogP contribution in [0.4, 0.5) is 0 Å². The molecule has 6 heteroatoms. The maximum Gasteiger partial charge on any atom is 0.0906 e. The molecule has 0 rings (SSSR count). The fraction of sp³-hybridized carbons (Fsp3) is 0.750. The number of nitrogens with two attached hydrogens (primary N) is 2. The first-order valence-corrected chi connectivity index (χ1v) is 2.16. The first-order valence-electron chi connectivity index (χ1n) is 2.16. The third-order valence-corrected chi connectivity index (χ3v) is 0. The second kappa shape index (κ2) is 94.9. The molecule has 0 atom stereocenters. The van der Waals surface area contributed by atoms with Gasteiger partial charge >= 0.3 is 0 Å². The van der Waals surface area contributed by atoms with E-state index in [0.717, 1.165) is 0 Å². The van der Waals surface area contributed by atoms with E-state index in [0.29, 0.717) is 0 Å². The van der Waals surface area contributed by atoms with Gasteiger partial charge in [-0.1, -0.05) is 0 Å². The van der Waals surface area contributed by atoms with E-state index >= 15 is 0 Å². The van der Waals surface area contributed by atoms with Crippen molar-refractivity contribution in [1.29, 1.82) is 0 Å². The Morgan fingerprint density at radius 2 is 1.10 bits per heavy atom. The average molecular weight is 379 g/mol. The Morgan fingerprint density at radius 3 is 1.10 bits per heavy atom. The average Bonchev–Trinajstić information content (AvgIpc) is 1.75. The fourth-order valence-corrected chi connectivity index (χ4v) is 0. The maximum atomic E-state index is 7.35. The van der Waals surface area contributed by atoms with E-state index < -0.39 is 0 Å². The molecule has 0 heterocycles. The summed E-state index contributed by atoms with van der Waals surface area (Å²) < 4.78 is 0. The Bertz CT molecular complexity index is 20.5. The van der Waals surface area contributed by atoms with Crippen molar-refractivity contribution < 1.29 is 46.8 Å². The van der Waals surface area contributed by atoms with E-state index in [1.807, 2.05) is 0 Å². The van der Waals surface area contributed by atoms with Gasteiger partial charge in [-0.05, 0) is 0 Å². The number of aliphatic hydroxyl groups excluding tert-OH is 2. The van der Waals surface area contributed by atoms with Crippen molar-refractivity contribution in [2.45, 2.75) is 6.92 Å². The molecule has 0 aliphatic carbocycles. The summed E-state index contributed by atoms with van der Waals surface area (Å²) in [5.74, 6) is 0. The monoisotopic (exact) mass is 379 g/mol. The van der Waals surface area contributed by atoms with Crippen LogP contribution in [0.1, 0.15) is 6.92 Å². The van der Waals surface area contributed by atoms with Crippen molar-refractivity contribution in [3.63, 3.8) is 0 Å². The van der Waals surface area contributed by atoms with Crippen LogP contribution in [0.25, 0.3) is 0 Å². The van der Waals surface area contributed by atoms with E-state index in [4.69, 9.17) is 10.2 Å². The van der Waals surface area contributed by atoms with Gasteiger partial charge in [0, 0.05) is 31.1 Å². The fourth-order valence-electron chi connectivity index (χ4n) is 0. The van der Waals surface area contributed by atoms with E-state index in [1.54, 1.807) is 6.92 Å². The standard InChI is InChI=1S/C2H5.2CH5NO.H2O.U/c1-2;2*2-1-3;;/h1H2,2H3;2*3H,1-2H2;1H2;/q-1;;;;. The summed E-state index contributed by atoms with van der Waals surface area (Å²) in [6.45, 7) is 4.50. The Kier molecular flexibility index (Phi) is 292. The van der Waals surface area contributed by atoms with E-state index in [-0.39, 0.29) is 50.1 Å². The zero-order valence-electron chi connectivity index (χ0n) is 6.17. The molecule has 0 aromatic carbocycles. The minimum Gasteiger partial charge on any atom is -0.412 e. The van der Waals surface area contributed by atoms with Gasteiger partial charge in [0.25, 0.3) is 0 Å². The third-order valence-electron chi connectivity index (χ3n) is 0. The molecule has 0 aliphatic heterocycles. The van der Waals surface area contributed by atoms with E-state index in [2.05, 4.69) is 18.4 Å². The maximum absolute atomic E-state index is 7.35. The second-order valence-electron chi connectivity index (χ2n) is 0.365. The van der Waals surface area contributed by atoms with Gasteiger partial charge in [-0.25, -0.2) is 0 Å². The molecular formula is C4H17N2O3U-. The third kappa shape index (κ3) is 752. The van der Waals surface area contributed by atoms with Gasteiger partial charge in [0.15, 0.2) is 0 Å². The summed E-state index contributed by atoms with van der Waals surface area (Å²) in [7, 11) is 0. The predicted molar refractivity (Wildman–Crippen MR) is 37.2 cm³/mol. The second-order valence-corrected chi connectivity index (χ2v) is 0.365. The van der Waals surface area contributed by atoms with Crippen LogP contribution < -0.4 is 11.5 Å². The number of aliphatic hydroxyl groups is 2. The zero-order valence-corrected chi connectivity index (χ0v) is 10.3. The minimum atomic E-state index is -0.250. The SMILES string of the molecule is NCO.NCO.O.[CH2-]C.[U]. The van der Waals surface area contributed by atoms with Crippen LogP contribution in [0.15, 0.2) is 0 Å². The van der Waals surface area contributed by atoms with Gasteiger partial charge in [-0.2, -0.15) is 6.92 Å². The molecule has 0 spiro atoms. The van der Waals surface area contributed by atoms with Crippen molar-refractivity contribution in [1.82, 2.24) is 0 Å². The molecule has 0 bridgehead atoms. The van der Waals surface area contributed by atoms with Crippen molar-refractivity contribution in [2.75, 3.05) is 13.5 Å². The Labute approximate surface area is 85.5 Å². The normalized spacial score (nSPS) is 4.20. The number of rotatable bonds is 0. The summed E-state index contributed by atoms with van der Waals surface area (Å²) in [5.41, 5.74) is 8.81. The van der Waals surface area contributed by atoms with Crippen LogP contribution in [0.2, 0.25) is 0 Å². The van der Waals surface area contributed by atoms with Crippen LogP contribution in [0, 0.1) is 38.0 Å². The molecule has 0 radical (unpaired) electrons. The number of hydrogen-bond donors (Lipinski definition) is 4. The summed E-state index contributed by atoms with van der Waals surface area (Å²) >= 11 is 0. The molecule has 0 aromatic heterocycles. The molecule has 0 aromatic rings. The van der Waals surface area contributed by atoms with Gasteiger partial charge in [0.05, 0.1) is 13.5 Å². The molecule has 5 nitrogen and oxygen atoms in total. The summed E-state index contributed by atoms with van der Waals surface area (Å²) in [4.78, 5) is 0. The van der Waals surface area contributed by atoms with Gasteiger partial charge in [-0.15, -0.1) is 0 Å². The van der Waals surface area contributed by atoms with Gasteiger partial charge < -0.3 is 34.1 Å². The van der Waals surface area contributed by atoms with E-state index in [9.17, 15) is 0 Å². The molecule has 0 amide bonds.